The van der Waals surface area contributed by atoms with E-state index in [4.69, 9.17) is 13.8 Å². The van der Waals surface area contributed by atoms with Gasteiger partial charge in [0.2, 0.25) is 11.5 Å². The van der Waals surface area contributed by atoms with Crippen molar-refractivity contribution in [3.8, 4) is 5.75 Å². The summed E-state index contributed by atoms with van der Waals surface area (Å²) in [6.45, 7) is 7.80. The lowest BCUT2D eigenvalue weighted by molar-refractivity contribution is -0.131. The van der Waals surface area contributed by atoms with E-state index < -0.39 is 6.10 Å². The number of piperidine rings is 1. The largest absolute Gasteiger partial charge is 0.506 e. The first-order valence-electron chi connectivity index (χ1n) is 19.4. The van der Waals surface area contributed by atoms with Crippen molar-refractivity contribution in [2.75, 3.05) is 84.1 Å². The summed E-state index contributed by atoms with van der Waals surface area (Å²) < 4.78 is 18.4. The molecule has 0 radical (unpaired) electrons. The van der Waals surface area contributed by atoms with Crippen LogP contribution in [0.3, 0.4) is 0 Å². The minimum Gasteiger partial charge on any atom is -0.506 e. The van der Waals surface area contributed by atoms with Crippen LogP contribution in [0.5, 0.6) is 5.75 Å². The van der Waals surface area contributed by atoms with E-state index in [1.807, 2.05) is 0 Å². The predicted octanol–water partition coefficient (Wildman–Crippen LogP) is 4.49. The summed E-state index contributed by atoms with van der Waals surface area (Å²) in [5, 5.41) is 25.9. The minimum atomic E-state index is -0.854. The van der Waals surface area contributed by atoms with Gasteiger partial charge in [0.05, 0.1) is 48.2 Å². The normalized spacial score (nSPS) is 16.6. The number of nitrogens with zero attached hydrogens (tertiary/aromatic N) is 4. The Morgan fingerprint density at radius 2 is 1.85 bits per heavy atom. The Balaban J connectivity index is 0.763. The van der Waals surface area contributed by atoms with Crippen LogP contribution < -0.4 is 15.8 Å². The second-order valence-corrected chi connectivity index (χ2v) is 15.6. The molecule has 3 aromatic carbocycles. The van der Waals surface area contributed by atoms with Gasteiger partial charge in [0.25, 0.3) is 0 Å². The summed E-state index contributed by atoms with van der Waals surface area (Å²) in [5.41, 5.74) is 3.05. The van der Waals surface area contributed by atoms with Crippen LogP contribution in [0.4, 0.5) is 5.82 Å². The number of likely N-dealkylation sites (tertiary alicyclic amines) is 1. The number of ether oxygens (including phenoxy) is 2. The highest BCUT2D eigenvalue weighted by molar-refractivity contribution is 7.13. The number of aromatic nitrogens is 2. The van der Waals surface area contributed by atoms with E-state index >= 15 is 0 Å². The Hall–Kier alpha value is -4.37. The molecule has 0 saturated carbocycles. The Morgan fingerprint density at radius 1 is 1.04 bits per heavy atom. The van der Waals surface area contributed by atoms with Gasteiger partial charge >= 0.3 is 0 Å². The average molecular weight is 769 g/mol. The number of nitrogens with one attached hydrogen (secondary N) is 2. The van der Waals surface area contributed by atoms with Crippen LogP contribution in [-0.4, -0.2) is 120 Å². The van der Waals surface area contributed by atoms with Crippen LogP contribution in [0, 0.1) is 0 Å². The number of aromatic amines is 1. The number of phenols is 1. The van der Waals surface area contributed by atoms with E-state index in [0.29, 0.717) is 49.2 Å². The molecule has 2 aliphatic heterocycles. The SMILES string of the molecule is CN(CCNCC(O)c1ccc(O)c2[nH]c(=O)ccc12)C(=O)CCOCCc1cccc(CCN2CCC3(CC2)CN(c2nsc4ccccc24)CCO3)c1. The Bertz CT molecular complexity index is 2110. The number of aliphatic hydroxyl groups is 1. The molecule has 12 nitrogen and oxygen atoms in total. The van der Waals surface area contributed by atoms with E-state index in [2.05, 4.69) is 68.6 Å². The van der Waals surface area contributed by atoms with E-state index in [1.165, 1.54) is 33.3 Å². The molecule has 4 heterocycles. The van der Waals surface area contributed by atoms with Crippen molar-refractivity contribution >= 4 is 44.2 Å². The molecule has 2 saturated heterocycles. The molecular formula is C42H52N6O6S. The van der Waals surface area contributed by atoms with Crippen LogP contribution in [0.15, 0.2) is 77.6 Å². The maximum Gasteiger partial charge on any atom is 0.248 e. The van der Waals surface area contributed by atoms with Crippen molar-refractivity contribution in [1.82, 2.24) is 24.5 Å². The number of H-pyrrole nitrogens is 1. The average Bonchev–Trinajstić information content (AvgIpc) is 3.64. The fraction of sp³-hybridized carbons (Fsp3) is 0.452. The van der Waals surface area contributed by atoms with Crippen molar-refractivity contribution in [2.24, 2.45) is 0 Å². The summed E-state index contributed by atoms with van der Waals surface area (Å²) in [5.74, 6) is 1.06. The van der Waals surface area contributed by atoms with Gasteiger partial charge in [-0.05, 0) is 78.2 Å². The molecular weight excluding hydrogens is 717 g/mol. The molecule has 1 amide bonds. The first-order chi connectivity index (χ1) is 26.8. The second kappa shape index (κ2) is 18.1. The van der Waals surface area contributed by atoms with Gasteiger partial charge in [0.1, 0.15) is 11.6 Å². The quantitative estimate of drug-likeness (QED) is 0.106. The maximum atomic E-state index is 12.7. The summed E-state index contributed by atoms with van der Waals surface area (Å²) in [4.78, 5) is 33.6. The van der Waals surface area contributed by atoms with Gasteiger partial charge in [-0.1, -0.05) is 42.5 Å². The number of hydrogen-bond acceptors (Lipinski definition) is 11. The number of morpholine rings is 1. The zero-order valence-electron chi connectivity index (χ0n) is 31.5. The Morgan fingerprint density at radius 3 is 2.71 bits per heavy atom. The van der Waals surface area contributed by atoms with E-state index in [1.54, 1.807) is 35.6 Å². The van der Waals surface area contributed by atoms with Gasteiger partial charge in [-0.15, -0.1) is 0 Å². The highest BCUT2D eigenvalue weighted by atomic mass is 32.1. The highest BCUT2D eigenvalue weighted by Crippen LogP contribution is 2.36. The van der Waals surface area contributed by atoms with E-state index in [0.717, 1.165) is 70.8 Å². The third-order valence-electron chi connectivity index (χ3n) is 11.0. The standard InChI is InChI=1S/C42H52N6O6S/c1-46(22-18-43-28-36(50)32-9-11-35(49)40-33(32)10-12-38(51)44-40)39(52)15-25-53-24-14-31-6-4-5-30(27-31)13-19-47-20-16-42(17-21-47)29-48(23-26-54-42)41-34-7-2-3-8-37(34)55-45-41/h2-12,27,36,43,49-50H,13-26,28-29H2,1H3,(H,44,51). The zero-order valence-corrected chi connectivity index (χ0v) is 32.4. The summed E-state index contributed by atoms with van der Waals surface area (Å²) in [7, 11) is 1.76. The monoisotopic (exact) mass is 768 g/mol. The van der Waals surface area contributed by atoms with Crippen LogP contribution in [0.2, 0.25) is 0 Å². The molecule has 13 heteroatoms. The number of carbonyl (C=O) groups excluding carboxylic acids is 1. The lowest BCUT2D eigenvalue weighted by Gasteiger charge is -2.47. The molecule has 55 heavy (non-hydrogen) atoms. The number of anilines is 1. The molecule has 7 rings (SSSR count). The Labute approximate surface area is 325 Å². The number of aliphatic hydroxyl groups excluding tert-OH is 1. The molecule has 2 aliphatic rings. The molecule has 0 bridgehead atoms. The number of aromatic hydroxyl groups is 1. The van der Waals surface area contributed by atoms with Gasteiger partial charge in [-0.3, -0.25) is 9.59 Å². The number of hydrogen-bond donors (Lipinski definition) is 4. The number of pyridine rings is 1. The van der Waals surface area contributed by atoms with Crippen LogP contribution >= 0.6 is 11.5 Å². The van der Waals surface area contributed by atoms with Crippen molar-refractivity contribution < 1.29 is 24.5 Å². The molecule has 2 aromatic heterocycles. The molecule has 2 fully saturated rings. The van der Waals surface area contributed by atoms with Crippen molar-refractivity contribution in [2.45, 2.75) is 43.8 Å². The lowest BCUT2D eigenvalue weighted by Crippen LogP contribution is -2.57. The first kappa shape index (κ1) is 38.9. The van der Waals surface area contributed by atoms with Gasteiger partial charge in [-0.2, -0.15) is 4.37 Å². The van der Waals surface area contributed by atoms with Crippen LogP contribution in [0.1, 0.15) is 42.1 Å². The number of rotatable bonds is 16. The minimum absolute atomic E-state index is 0.00178. The molecule has 5 aromatic rings. The number of phenolic OH excluding ortho intramolecular Hbond substituents is 1. The Kier molecular flexibility index (Phi) is 12.8. The number of carbonyl (C=O) groups is 1. The molecule has 292 valence electrons. The van der Waals surface area contributed by atoms with Crippen molar-refractivity contribution in [1.29, 1.82) is 0 Å². The highest BCUT2D eigenvalue weighted by Gasteiger charge is 2.40. The van der Waals surface area contributed by atoms with E-state index in [-0.39, 0.29) is 29.4 Å². The smallest absolute Gasteiger partial charge is 0.248 e. The van der Waals surface area contributed by atoms with E-state index in [9.17, 15) is 19.8 Å². The lowest BCUT2D eigenvalue weighted by atomic mass is 9.89. The maximum absolute atomic E-state index is 12.7. The third kappa shape index (κ3) is 9.72. The number of likely N-dealkylation sites (N-methyl/N-ethyl adjacent to an activating group) is 1. The van der Waals surface area contributed by atoms with Crippen LogP contribution in [-0.2, 0) is 27.1 Å². The molecule has 4 N–H and O–H groups in total. The fourth-order valence-corrected chi connectivity index (χ4v) is 8.55. The topological polar surface area (TPSA) is 143 Å². The first-order valence-corrected chi connectivity index (χ1v) is 20.1. The third-order valence-corrected chi connectivity index (χ3v) is 11.8. The second-order valence-electron chi connectivity index (χ2n) is 14.8. The molecule has 1 atom stereocenters. The summed E-state index contributed by atoms with van der Waals surface area (Å²) in [6, 6.07) is 23.3. The number of benzene rings is 3. The fourth-order valence-electron chi connectivity index (χ4n) is 7.75. The summed E-state index contributed by atoms with van der Waals surface area (Å²) in [6.07, 6.45) is 3.32. The van der Waals surface area contributed by atoms with Crippen molar-refractivity contribution in [3.63, 3.8) is 0 Å². The molecule has 1 unspecified atom stereocenters. The van der Waals surface area contributed by atoms with Gasteiger partial charge in [-0.25, -0.2) is 0 Å². The summed E-state index contributed by atoms with van der Waals surface area (Å²) >= 11 is 1.58. The number of amides is 1. The van der Waals surface area contributed by atoms with Gasteiger partial charge in [0.15, 0.2) is 0 Å². The predicted molar refractivity (Wildman–Crippen MR) is 217 cm³/mol. The van der Waals surface area contributed by atoms with Gasteiger partial charge < -0.3 is 44.7 Å². The number of fused-ring (bicyclic) bond motifs is 2. The van der Waals surface area contributed by atoms with Crippen molar-refractivity contribution in [3.05, 3.63) is 99.8 Å². The zero-order chi connectivity index (χ0) is 38.2. The van der Waals surface area contributed by atoms with Crippen LogP contribution in [0.25, 0.3) is 21.0 Å². The molecule has 0 aliphatic carbocycles. The molecule has 1 spiro atoms. The van der Waals surface area contributed by atoms with Gasteiger partial charge in [0, 0.05) is 76.2 Å².